The lowest BCUT2D eigenvalue weighted by Gasteiger charge is -2.12. The van der Waals surface area contributed by atoms with Crippen molar-refractivity contribution in [2.45, 2.75) is 39.7 Å². The highest BCUT2D eigenvalue weighted by atomic mass is 16.2. The minimum absolute atomic E-state index is 0.104. The SMILES string of the molecule is CCNC(=O)c1ccc(NC(=O)CC(N)CC)c(C)c1. The molecule has 0 aromatic heterocycles. The molecule has 5 nitrogen and oxygen atoms in total. The summed E-state index contributed by atoms with van der Waals surface area (Å²) in [6, 6.07) is 5.09. The van der Waals surface area contributed by atoms with Crippen molar-refractivity contribution >= 4 is 17.5 Å². The third kappa shape index (κ3) is 4.66. The van der Waals surface area contributed by atoms with Crippen LogP contribution in [0.25, 0.3) is 0 Å². The number of amides is 2. The Labute approximate surface area is 119 Å². The van der Waals surface area contributed by atoms with E-state index >= 15 is 0 Å². The molecule has 0 radical (unpaired) electrons. The molecule has 0 fully saturated rings. The van der Waals surface area contributed by atoms with Gasteiger partial charge in [0.15, 0.2) is 0 Å². The fraction of sp³-hybridized carbons (Fsp3) is 0.467. The smallest absolute Gasteiger partial charge is 0.251 e. The van der Waals surface area contributed by atoms with E-state index in [2.05, 4.69) is 10.6 Å². The highest BCUT2D eigenvalue weighted by Gasteiger charge is 2.11. The maximum absolute atomic E-state index is 11.8. The number of carbonyl (C=O) groups excluding carboxylic acids is 2. The number of nitrogens with one attached hydrogen (secondary N) is 2. The standard InChI is InChI=1S/C15H23N3O2/c1-4-12(16)9-14(19)18-13-7-6-11(8-10(13)3)15(20)17-5-2/h6-8,12H,4-5,9,16H2,1-3H3,(H,17,20)(H,18,19). The van der Waals surface area contributed by atoms with Crippen LogP contribution in [0.4, 0.5) is 5.69 Å². The predicted molar refractivity (Wildman–Crippen MR) is 80.7 cm³/mol. The maximum atomic E-state index is 11.8. The van der Waals surface area contributed by atoms with E-state index in [4.69, 9.17) is 5.73 Å². The highest BCUT2D eigenvalue weighted by molar-refractivity contribution is 5.96. The molecule has 5 heteroatoms. The summed E-state index contributed by atoms with van der Waals surface area (Å²) < 4.78 is 0. The quantitative estimate of drug-likeness (QED) is 0.741. The zero-order valence-electron chi connectivity index (χ0n) is 12.3. The third-order valence-corrected chi connectivity index (χ3v) is 3.07. The Morgan fingerprint density at radius 2 is 2.00 bits per heavy atom. The Morgan fingerprint density at radius 3 is 2.55 bits per heavy atom. The molecule has 1 unspecified atom stereocenters. The average Bonchev–Trinajstić information content (AvgIpc) is 2.41. The van der Waals surface area contributed by atoms with Gasteiger partial charge in [-0.15, -0.1) is 0 Å². The van der Waals surface area contributed by atoms with Gasteiger partial charge in [0.2, 0.25) is 5.91 Å². The second-order valence-corrected chi connectivity index (χ2v) is 4.81. The van der Waals surface area contributed by atoms with Gasteiger partial charge in [-0.05, 0) is 44.0 Å². The number of carbonyl (C=O) groups is 2. The zero-order valence-corrected chi connectivity index (χ0v) is 12.3. The molecule has 4 N–H and O–H groups in total. The molecular weight excluding hydrogens is 254 g/mol. The summed E-state index contributed by atoms with van der Waals surface area (Å²) in [4.78, 5) is 23.5. The summed E-state index contributed by atoms with van der Waals surface area (Å²) >= 11 is 0. The van der Waals surface area contributed by atoms with E-state index in [0.717, 1.165) is 12.0 Å². The van der Waals surface area contributed by atoms with E-state index in [9.17, 15) is 9.59 Å². The molecule has 0 heterocycles. The van der Waals surface area contributed by atoms with E-state index < -0.39 is 0 Å². The van der Waals surface area contributed by atoms with Crippen molar-refractivity contribution in [2.75, 3.05) is 11.9 Å². The monoisotopic (exact) mass is 277 g/mol. The summed E-state index contributed by atoms with van der Waals surface area (Å²) in [5, 5.41) is 5.56. The summed E-state index contributed by atoms with van der Waals surface area (Å²) in [6.07, 6.45) is 1.07. The van der Waals surface area contributed by atoms with Gasteiger partial charge in [-0.2, -0.15) is 0 Å². The minimum atomic E-state index is -0.120. The van der Waals surface area contributed by atoms with Gasteiger partial charge in [-0.25, -0.2) is 0 Å². The van der Waals surface area contributed by atoms with Crippen molar-refractivity contribution in [3.63, 3.8) is 0 Å². The molecule has 0 bridgehead atoms. The molecule has 0 spiro atoms. The van der Waals surface area contributed by atoms with Crippen molar-refractivity contribution in [1.29, 1.82) is 0 Å². The van der Waals surface area contributed by atoms with Crippen LogP contribution >= 0.6 is 0 Å². The summed E-state index contributed by atoms with van der Waals surface area (Å²) in [5.41, 5.74) is 7.91. The first-order valence-corrected chi connectivity index (χ1v) is 6.92. The normalized spacial score (nSPS) is 11.8. The number of hydrogen-bond acceptors (Lipinski definition) is 3. The summed E-state index contributed by atoms with van der Waals surface area (Å²) in [7, 11) is 0. The fourth-order valence-corrected chi connectivity index (χ4v) is 1.79. The second kappa shape index (κ2) is 7.65. The largest absolute Gasteiger partial charge is 0.352 e. The molecule has 2 amide bonds. The van der Waals surface area contributed by atoms with Gasteiger partial charge in [0.05, 0.1) is 0 Å². The van der Waals surface area contributed by atoms with Crippen molar-refractivity contribution in [3.05, 3.63) is 29.3 Å². The van der Waals surface area contributed by atoms with Gasteiger partial charge in [-0.3, -0.25) is 9.59 Å². The van der Waals surface area contributed by atoms with E-state index in [1.165, 1.54) is 0 Å². The van der Waals surface area contributed by atoms with E-state index in [0.29, 0.717) is 24.2 Å². The number of rotatable bonds is 6. The maximum Gasteiger partial charge on any atom is 0.251 e. The van der Waals surface area contributed by atoms with Crippen LogP contribution in [-0.2, 0) is 4.79 Å². The Balaban J connectivity index is 2.73. The summed E-state index contributed by atoms with van der Waals surface area (Å²) in [5.74, 6) is -0.213. The lowest BCUT2D eigenvalue weighted by molar-refractivity contribution is -0.116. The lowest BCUT2D eigenvalue weighted by atomic mass is 10.1. The van der Waals surface area contributed by atoms with Gasteiger partial charge >= 0.3 is 0 Å². The van der Waals surface area contributed by atoms with Gasteiger partial charge in [0.1, 0.15) is 0 Å². The highest BCUT2D eigenvalue weighted by Crippen LogP contribution is 2.17. The van der Waals surface area contributed by atoms with Gasteiger partial charge in [-0.1, -0.05) is 6.92 Å². The van der Waals surface area contributed by atoms with Crippen LogP contribution < -0.4 is 16.4 Å². The minimum Gasteiger partial charge on any atom is -0.352 e. The van der Waals surface area contributed by atoms with Crippen LogP contribution in [0, 0.1) is 6.92 Å². The van der Waals surface area contributed by atoms with Crippen LogP contribution in [0.5, 0.6) is 0 Å². The first-order valence-electron chi connectivity index (χ1n) is 6.92. The van der Waals surface area contributed by atoms with Crippen LogP contribution in [0.15, 0.2) is 18.2 Å². The van der Waals surface area contributed by atoms with Crippen molar-refractivity contribution in [2.24, 2.45) is 5.73 Å². The van der Waals surface area contributed by atoms with Gasteiger partial charge in [0, 0.05) is 30.3 Å². The first-order chi connectivity index (χ1) is 9.47. The molecule has 0 aliphatic carbocycles. The molecule has 1 aromatic rings. The molecule has 0 aliphatic heterocycles. The van der Waals surface area contributed by atoms with Crippen molar-refractivity contribution in [1.82, 2.24) is 5.32 Å². The number of nitrogens with two attached hydrogens (primary N) is 1. The van der Waals surface area contributed by atoms with Crippen molar-refractivity contribution in [3.8, 4) is 0 Å². The topological polar surface area (TPSA) is 84.2 Å². The van der Waals surface area contributed by atoms with Crippen LogP contribution in [-0.4, -0.2) is 24.4 Å². The molecule has 0 saturated heterocycles. The number of hydrogen-bond donors (Lipinski definition) is 3. The molecular formula is C15H23N3O2. The molecule has 1 atom stereocenters. The number of aryl methyl sites for hydroxylation is 1. The van der Waals surface area contributed by atoms with Gasteiger partial charge in [0.25, 0.3) is 5.91 Å². The van der Waals surface area contributed by atoms with E-state index in [-0.39, 0.29) is 17.9 Å². The number of anilines is 1. The van der Waals surface area contributed by atoms with Crippen molar-refractivity contribution < 1.29 is 9.59 Å². The molecule has 110 valence electrons. The second-order valence-electron chi connectivity index (χ2n) is 4.81. The molecule has 1 rings (SSSR count). The number of benzene rings is 1. The molecule has 1 aromatic carbocycles. The Bertz CT molecular complexity index is 486. The summed E-state index contributed by atoms with van der Waals surface area (Å²) in [6.45, 7) is 6.27. The van der Waals surface area contributed by atoms with Crippen LogP contribution in [0.3, 0.4) is 0 Å². The molecule has 0 aliphatic rings. The zero-order chi connectivity index (χ0) is 15.1. The van der Waals surface area contributed by atoms with Crippen LogP contribution in [0.1, 0.15) is 42.6 Å². The van der Waals surface area contributed by atoms with E-state index in [1.54, 1.807) is 18.2 Å². The van der Waals surface area contributed by atoms with Crippen LogP contribution in [0.2, 0.25) is 0 Å². The third-order valence-electron chi connectivity index (χ3n) is 3.07. The first kappa shape index (κ1) is 16.2. The predicted octanol–water partition coefficient (Wildman–Crippen LogP) is 1.81. The molecule has 0 saturated carbocycles. The lowest BCUT2D eigenvalue weighted by Crippen LogP contribution is -2.26. The Hall–Kier alpha value is -1.88. The fourth-order valence-electron chi connectivity index (χ4n) is 1.79. The Morgan fingerprint density at radius 1 is 1.30 bits per heavy atom. The average molecular weight is 277 g/mol. The molecule has 20 heavy (non-hydrogen) atoms. The van der Waals surface area contributed by atoms with E-state index in [1.807, 2.05) is 20.8 Å². The van der Waals surface area contributed by atoms with Gasteiger partial charge < -0.3 is 16.4 Å². The Kier molecular flexibility index (Phi) is 6.18.